The fourth-order valence-electron chi connectivity index (χ4n) is 2.93. The van der Waals surface area contributed by atoms with E-state index in [0.717, 1.165) is 10.6 Å². The van der Waals surface area contributed by atoms with Gasteiger partial charge in [-0.15, -0.1) is 11.8 Å². The van der Waals surface area contributed by atoms with E-state index in [1.165, 1.54) is 24.3 Å². The van der Waals surface area contributed by atoms with Crippen LogP contribution in [0.5, 0.6) is 0 Å². The Labute approximate surface area is 161 Å². The molecular weight excluding hydrogens is 387 g/mol. The topological polar surface area (TPSA) is 87.0 Å². The van der Waals surface area contributed by atoms with E-state index in [-0.39, 0.29) is 11.6 Å². The third kappa shape index (κ3) is 5.08. The number of fused-ring (bicyclic) bond motifs is 1. The molecule has 0 fully saturated rings. The lowest BCUT2D eigenvalue weighted by Crippen LogP contribution is -2.35. The van der Waals surface area contributed by atoms with Crippen LogP contribution in [0.25, 0.3) is 0 Å². The molecule has 2 aromatic rings. The standard InChI is InChI=1S/C19H17FN2O3S2/c20-15-5-6-18-16(9-15)17(7-8-26-18)22-19(23)12-27(24,25)11-14-3-1-13(10-21)2-4-14/h1-6,9,17H,7-8,11-12H2,(H,22,23). The first-order valence-electron chi connectivity index (χ1n) is 8.27. The molecule has 1 atom stereocenters. The normalized spacial score (nSPS) is 16.2. The van der Waals surface area contributed by atoms with Gasteiger partial charge in [0, 0.05) is 10.6 Å². The first-order chi connectivity index (χ1) is 12.9. The molecule has 1 amide bonds. The summed E-state index contributed by atoms with van der Waals surface area (Å²) in [6.07, 6.45) is 0.614. The van der Waals surface area contributed by atoms with E-state index in [0.29, 0.717) is 23.1 Å². The number of hydrogen-bond donors (Lipinski definition) is 1. The van der Waals surface area contributed by atoms with Crippen LogP contribution in [0.2, 0.25) is 0 Å². The Morgan fingerprint density at radius 2 is 2.00 bits per heavy atom. The second-order valence-corrected chi connectivity index (χ2v) is 9.48. The quantitative estimate of drug-likeness (QED) is 0.828. The van der Waals surface area contributed by atoms with Gasteiger partial charge in [-0.2, -0.15) is 5.26 Å². The minimum atomic E-state index is -3.66. The summed E-state index contributed by atoms with van der Waals surface area (Å²) in [4.78, 5) is 13.2. The molecular formula is C19H17FN2O3S2. The minimum absolute atomic E-state index is 0.280. The van der Waals surface area contributed by atoms with Crippen LogP contribution in [0.3, 0.4) is 0 Å². The third-order valence-corrected chi connectivity index (χ3v) is 6.76. The van der Waals surface area contributed by atoms with E-state index in [1.54, 1.807) is 30.0 Å². The molecule has 8 heteroatoms. The number of sulfone groups is 1. The predicted octanol–water partition coefficient (Wildman–Crippen LogP) is 2.97. The molecule has 1 aliphatic rings. The van der Waals surface area contributed by atoms with E-state index in [9.17, 15) is 17.6 Å². The van der Waals surface area contributed by atoms with Crippen LogP contribution < -0.4 is 5.32 Å². The van der Waals surface area contributed by atoms with E-state index < -0.39 is 27.5 Å². The molecule has 0 bridgehead atoms. The lowest BCUT2D eigenvalue weighted by Gasteiger charge is -2.26. The number of benzene rings is 2. The summed E-state index contributed by atoms with van der Waals surface area (Å²) in [7, 11) is -3.66. The molecule has 140 valence electrons. The molecule has 0 aliphatic carbocycles. The molecule has 0 aromatic heterocycles. The fourth-order valence-corrected chi connectivity index (χ4v) is 5.32. The van der Waals surface area contributed by atoms with Crippen molar-refractivity contribution in [2.24, 2.45) is 0 Å². The smallest absolute Gasteiger partial charge is 0.235 e. The van der Waals surface area contributed by atoms with Gasteiger partial charge in [-0.05, 0) is 47.9 Å². The Hall–Kier alpha value is -2.37. The molecule has 0 saturated heterocycles. The second-order valence-electron chi connectivity index (χ2n) is 6.28. The zero-order valence-corrected chi connectivity index (χ0v) is 15.9. The highest BCUT2D eigenvalue weighted by molar-refractivity contribution is 7.99. The maximum Gasteiger partial charge on any atom is 0.235 e. The first-order valence-corrected chi connectivity index (χ1v) is 11.1. The number of rotatable bonds is 5. The van der Waals surface area contributed by atoms with Crippen molar-refractivity contribution in [1.29, 1.82) is 5.26 Å². The fraction of sp³-hybridized carbons (Fsp3) is 0.263. The van der Waals surface area contributed by atoms with Crippen LogP contribution in [-0.2, 0) is 20.4 Å². The monoisotopic (exact) mass is 404 g/mol. The first kappa shape index (κ1) is 19.4. The number of carbonyl (C=O) groups is 1. The Morgan fingerprint density at radius 1 is 1.26 bits per heavy atom. The summed E-state index contributed by atoms with van der Waals surface area (Å²) in [5.74, 6) is -1.14. The zero-order chi connectivity index (χ0) is 19.4. The summed E-state index contributed by atoms with van der Waals surface area (Å²) in [6.45, 7) is 0. The number of nitrogens with zero attached hydrogens (tertiary/aromatic N) is 1. The lowest BCUT2D eigenvalue weighted by atomic mass is 10.0. The van der Waals surface area contributed by atoms with Gasteiger partial charge >= 0.3 is 0 Å². The van der Waals surface area contributed by atoms with Gasteiger partial charge in [0.1, 0.15) is 11.6 Å². The number of amides is 1. The van der Waals surface area contributed by atoms with Crippen LogP contribution >= 0.6 is 11.8 Å². The van der Waals surface area contributed by atoms with Crippen LogP contribution in [0.4, 0.5) is 4.39 Å². The van der Waals surface area contributed by atoms with Crippen molar-refractivity contribution in [2.45, 2.75) is 23.1 Å². The van der Waals surface area contributed by atoms with E-state index in [2.05, 4.69) is 5.32 Å². The van der Waals surface area contributed by atoms with Gasteiger partial charge in [0.15, 0.2) is 9.84 Å². The average molecular weight is 404 g/mol. The highest BCUT2D eigenvalue weighted by Crippen LogP contribution is 2.36. The van der Waals surface area contributed by atoms with Crippen LogP contribution in [0.15, 0.2) is 47.4 Å². The predicted molar refractivity (Wildman–Crippen MR) is 101 cm³/mol. The average Bonchev–Trinajstić information content (AvgIpc) is 2.62. The van der Waals surface area contributed by atoms with E-state index >= 15 is 0 Å². The molecule has 0 radical (unpaired) electrons. The van der Waals surface area contributed by atoms with Gasteiger partial charge < -0.3 is 5.32 Å². The summed E-state index contributed by atoms with van der Waals surface area (Å²) in [5.41, 5.74) is 1.64. The number of hydrogen-bond acceptors (Lipinski definition) is 5. The summed E-state index contributed by atoms with van der Waals surface area (Å²) < 4.78 is 38.2. The molecule has 5 nitrogen and oxygen atoms in total. The van der Waals surface area contributed by atoms with Crippen molar-refractivity contribution >= 4 is 27.5 Å². The SMILES string of the molecule is N#Cc1ccc(CS(=O)(=O)CC(=O)NC2CCSc3ccc(F)cc32)cc1. The Morgan fingerprint density at radius 3 is 2.70 bits per heavy atom. The summed E-state index contributed by atoms with van der Waals surface area (Å²) in [5, 5.41) is 11.5. The largest absolute Gasteiger partial charge is 0.348 e. The zero-order valence-electron chi connectivity index (χ0n) is 14.3. The molecule has 1 N–H and O–H groups in total. The molecule has 3 rings (SSSR count). The van der Waals surface area contributed by atoms with Crippen molar-refractivity contribution in [3.05, 3.63) is 65.0 Å². The molecule has 0 spiro atoms. The number of carbonyl (C=O) groups excluding carboxylic acids is 1. The summed E-state index contributed by atoms with van der Waals surface area (Å²) >= 11 is 1.59. The maximum absolute atomic E-state index is 13.5. The Balaban J connectivity index is 1.65. The Kier molecular flexibility index (Phi) is 5.82. The number of thioether (sulfide) groups is 1. The van der Waals surface area contributed by atoms with Gasteiger partial charge in [0.05, 0.1) is 23.4 Å². The van der Waals surface area contributed by atoms with Crippen molar-refractivity contribution in [1.82, 2.24) is 5.32 Å². The van der Waals surface area contributed by atoms with Crippen molar-refractivity contribution in [2.75, 3.05) is 11.5 Å². The van der Waals surface area contributed by atoms with Gasteiger partial charge in [-0.25, -0.2) is 12.8 Å². The number of nitrogens with one attached hydrogen (secondary N) is 1. The van der Waals surface area contributed by atoms with Crippen LogP contribution in [0, 0.1) is 17.1 Å². The van der Waals surface area contributed by atoms with Gasteiger partial charge in [-0.3, -0.25) is 4.79 Å². The van der Waals surface area contributed by atoms with E-state index in [4.69, 9.17) is 5.26 Å². The number of nitriles is 1. The highest BCUT2D eigenvalue weighted by atomic mass is 32.2. The molecule has 27 heavy (non-hydrogen) atoms. The van der Waals surface area contributed by atoms with Crippen molar-refractivity contribution in [3.8, 4) is 6.07 Å². The van der Waals surface area contributed by atoms with Crippen LogP contribution in [0.1, 0.15) is 29.2 Å². The van der Waals surface area contributed by atoms with Crippen LogP contribution in [-0.4, -0.2) is 25.8 Å². The van der Waals surface area contributed by atoms with Crippen molar-refractivity contribution < 1.29 is 17.6 Å². The molecule has 1 aliphatic heterocycles. The lowest BCUT2D eigenvalue weighted by molar-refractivity contribution is -0.119. The van der Waals surface area contributed by atoms with Gasteiger partial charge in [0.25, 0.3) is 0 Å². The molecule has 1 heterocycles. The molecule has 1 unspecified atom stereocenters. The maximum atomic E-state index is 13.5. The summed E-state index contributed by atoms with van der Waals surface area (Å²) in [6, 6.07) is 12.2. The van der Waals surface area contributed by atoms with Gasteiger partial charge in [0.2, 0.25) is 5.91 Å². The van der Waals surface area contributed by atoms with E-state index in [1.807, 2.05) is 6.07 Å². The second kappa shape index (κ2) is 8.11. The molecule has 2 aromatic carbocycles. The highest BCUT2D eigenvalue weighted by Gasteiger charge is 2.25. The third-order valence-electron chi connectivity index (χ3n) is 4.17. The molecule has 0 saturated carbocycles. The Bertz CT molecular complexity index is 999. The minimum Gasteiger partial charge on any atom is -0.348 e. The van der Waals surface area contributed by atoms with Gasteiger partial charge in [-0.1, -0.05) is 12.1 Å². The number of halogens is 1. The van der Waals surface area contributed by atoms with Crippen molar-refractivity contribution in [3.63, 3.8) is 0 Å².